The predicted molar refractivity (Wildman–Crippen MR) is 106 cm³/mol. The SMILES string of the molecule is O=C1CCCC2=C1C(c1cccc(Br)c1)CC(=O)N2c1ccc(C(F)(F)F)cc1. The van der Waals surface area contributed by atoms with Crippen LogP contribution >= 0.6 is 15.9 Å². The van der Waals surface area contributed by atoms with Crippen molar-refractivity contribution in [3.8, 4) is 0 Å². The molecule has 150 valence electrons. The zero-order chi connectivity index (χ0) is 20.8. The van der Waals surface area contributed by atoms with Crippen molar-refractivity contribution in [1.82, 2.24) is 0 Å². The zero-order valence-corrected chi connectivity index (χ0v) is 16.9. The third-order valence-corrected chi connectivity index (χ3v) is 5.87. The van der Waals surface area contributed by atoms with Crippen LogP contribution in [-0.4, -0.2) is 11.7 Å². The molecule has 0 fully saturated rings. The summed E-state index contributed by atoms with van der Waals surface area (Å²) < 4.78 is 39.5. The molecule has 2 aliphatic rings. The normalized spacial score (nSPS) is 20.1. The summed E-state index contributed by atoms with van der Waals surface area (Å²) in [5.74, 6) is -0.558. The van der Waals surface area contributed by atoms with Gasteiger partial charge in [0.1, 0.15) is 0 Å². The monoisotopic (exact) mass is 463 g/mol. The van der Waals surface area contributed by atoms with Crippen LogP contribution in [-0.2, 0) is 15.8 Å². The highest BCUT2D eigenvalue weighted by atomic mass is 79.9. The van der Waals surface area contributed by atoms with Crippen LogP contribution in [0.3, 0.4) is 0 Å². The molecule has 0 radical (unpaired) electrons. The number of hydrogen-bond donors (Lipinski definition) is 0. The second-order valence-corrected chi connectivity index (χ2v) is 8.14. The molecule has 0 N–H and O–H groups in total. The second kappa shape index (κ2) is 7.44. The Morgan fingerprint density at radius 3 is 2.38 bits per heavy atom. The zero-order valence-electron chi connectivity index (χ0n) is 15.3. The molecule has 0 bridgehead atoms. The van der Waals surface area contributed by atoms with E-state index in [2.05, 4.69) is 15.9 Å². The summed E-state index contributed by atoms with van der Waals surface area (Å²) in [7, 11) is 0. The first-order valence-corrected chi connectivity index (χ1v) is 10.1. The van der Waals surface area contributed by atoms with Crippen LogP contribution in [0.4, 0.5) is 18.9 Å². The summed E-state index contributed by atoms with van der Waals surface area (Å²) >= 11 is 3.43. The van der Waals surface area contributed by atoms with Gasteiger partial charge in [0.05, 0.1) is 5.56 Å². The number of carbonyl (C=O) groups excluding carboxylic acids is 2. The molecule has 3 nitrogen and oxygen atoms in total. The first-order chi connectivity index (χ1) is 13.8. The van der Waals surface area contributed by atoms with Gasteiger partial charge in [-0.25, -0.2) is 0 Å². The molecule has 4 rings (SSSR count). The Hall–Kier alpha value is -2.41. The molecule has 1 heterocycles. The van der Waals surface area contributed by atoms with E-state index in [1.165, 1.54) is 17.0 Å². The Labute approximate surface area is 174 Å². The third kappa shape index (κ3) is 3.75. The van der Waals surface area contributed by atoms with E-state index in [1.807, 2.05) is 24.3 Å². The highest BCUT2D eigenvalue weighted by molar-refractivity contribution is 9.10. The van der Waals surface area contributed by atoms with E-state index in [4.69, 9.17) is 0 Å². The van der Waals surface area contributed by atoms with Gasteiger partial charge in [0.2, 0.25) is 5.91 Å². The Kier molecular flexibility index (Phi) is 5.11. The van der Waals surface area contributed by atoms with Crippen LogP contribution in [0.15, 0.2) is 64.3 Å². The van der Waals surface area contributed by atoms with Gasteiger partial charge in [-0.1, -0.05) is 28.1 Å². The van der Waals surface area contributed by atoms with Crippen LogP contribution in [0.5, 0.6) is 0 Å². The van der Waals surface area contributed by atoms with E-state index in [0.717, 1.165) is 22.2 Å². The summed E-state index contributed by atoms with van der Waals surface area (Å²) in [6.07, 6.45) is -2.77. The van der Waals surface area contributed by atoms with Crippen molar-refractivity contribution < 1.29 is 22.8 Å². The molecular weight excluding hydrogens is 447 g/mol. The van der Waals surface area contributed by atoms with Crippen molar-refractivity contribution in [1.29, 1.82) is 0 Å². The minimum absolute atomic E-state index is 0.000590. The molecule has 0 aromatic heterocycles. The van der Waals surface area contributed by atoms with E-state index in [1.54, 1.807) is 0 Å². The number of benzene rings is 2. The Morgan fingerprint density at radius 2 is 1.72 bits per heavy atom. The molecule has 0 saturated carbocycles. The minimum atomic E-state index is -4.44. The summed E-state index contributed by atoms with van der Waals surface area (Å²) in [4.78, 5) is 27.3. The van der Waals surface area contributed by atoms with Gasteiger partial charge in [-0.2, -0.15) is 13.2 Å². The largest absolute Gasteiger partial charge is 0.416 e. The predicted octanol–water partition coefficient (Wildman–Crippen LogP) is 6.00. The lowest BCUT2D eigenvalue weighted by Crippen LogP contribution is -2.40. The first kappa shape index (κ1) is 19.9. The van der Waals surface area contributed by atoms with Crippen LogP contribution < -0.4 is 4.90 Å². The lowest BCUT2D eigenvalue weighted by molar-refractivity contribution is -0.137. The second-order valence-electron chi connectivity index (χ2n) is 7.22. The Bertz CT molecular complexity index is 1010. The number of alkyl halides is 3. The molecule has 1 aliphatic carbocycles. The number of halogens is 4. The first-order valence-electron chi connectivity index (χ1n) is 9.27. The summed E-state index contributed by atoms with van der Waals surface area (Å²) in [6.45, 7) is 0. The Morgan fingerprint density at radius 1 is 1.00 bits per heavy atom. The fraction of sp³-hybridized carbons (Fsp3) is 0.273. The number of nitrogens with zero attached hydrogens (tertiary/aromatic N) is 1. The highest BCUT2D eigenvalue weighted by Crippen LogP contribution is 2.44. The van der Waals surface area contributed by atoms with Crippen molar-refractivity contribution in [2.75, 3.05) is 4.90 Å². The quantitative estimate of drug-likeness (QED) is 0.547. The summed E-state index contributed by atoms with van der Waals surface area (Å²) in [5, 5.41) is 0. The lowest BCUT2D eigenvalue weighted by atomic mass is 9.77. The summed E-state index contributed by atoms with van der Waals surface area (Å²) in [6, 6.07) is 12.1. The fourth-order valence-electron chi connectivity index (χ4n) is 4.10. The minimum Gasteiger partial charge on any atom is -0.294 e. The molecule has 1 amide bonds. The molecule has 2 aromatic rings. The molecular formula is C22H17BrF3NO2. The number of hydrogen-bond acceptors (Lipinski definition) is 2. The van der Waals surface area contributed by atoms with Crippen molar-refractivity contribution in [3.63, 3.8) is 0 Å². The molecule has 1 unspecified atom stereocenters. The Balaban J connectivity index is 1.80. The van der Waals surface area contributed by atoms with Gasteiger partial charge >= 0.3 is 6.18 Å². The molecule has 1 atom stereocenters. The summed E-state index contributed by atoms with van der Waals surface area (Å²) in [5.41, 5.74) is 1.68. The lowest BCUT2D eigenvalue weighted by Gasteiger charge is -2.38. The van der Waals surface area contributed by atoms with E-state index in [9.17, 15) is 22.8 Å². The van der Waals surface area contributed by atoms with Crippen molar-refractivity contribution in [2.24, 2.45) is 0 Å². The maximum absolute atomic E-state index is 13.1. The average molecular weight is 464 g/mol. The molecule has 7 heteroatoms. The third-order valence-electron chi connectivity index (χ3n) is 5.38. The van der Waals surface area contributed by atoms with Gasteiger partial charge in [-0.15, -0.1) is 0 Å². The number of amides is 1. The van der Waals surface area contributed by atoms with Crippen LogP contribution in [0.25, 0.3) is 0 Å². The number of ketones is 1. The number of anilines is 1. The van der Waals surface area contributed by atoms with E-state index < -0.39 is 11.7 Å². The molecule has 0 spiro atoms. The number of rotatable bonds is 2. The van der Waals surface area contributed by atoms with Crippen molar-refractivity contribution >= 4 is 33.3 Å². The number of carbonyl (C=O) groups is 2. The number of allylic oxidation sites excluding steroid dienone is 2. The van der Waals surface area contributed by atoms with E-state index in [0.29, 0.717) is 36.2 Å². The van der Waals surface area contributed by atoms with Crippen molar-refractivity contribution in [2.45, 2.75) is 37.8 Å². The van der Waals surface area contributed by atoms with Gasteiger partial charge in [0.15, 0.2) is 5.78 Å². The number of Topliss-reactive ketones (excluding diaryl/α,β-unsaturated/α-hetero) is 1. The topological polar surface area (TPSA) is 37.4 Å². The van der Waals surface area contributed by atoms with Gasteiger partial charge in [-0.3, -0.25) is 14.5 Å². The molecule has 1 aliphatic heterocycles. The standard InChI is InChI=1S/C22H17BrF3NO2/c23-15-4-1-3-13(11-15)17-12-20(29)27(18-5-2-6-19(28)21(17)18)16-9-7-14(8-10-16)22(24,25)26/h1,3-4,7-11,17H,2,5-6,12H2. The van der Waals surface area contributed by atoms with Crippen LogP contribution in [0.1, 0.15) is 42.7 Å². The molecule has 29 heavy (non-hydrogen) atoms. The average Bonchev–Trinajstić information content (AvgIpc) is 2.67. The van der Waals surface area contributed by atoms with E-state index >= 15 is 0 Å². The van der Waals surface area contributed by atoms with Gasteiger partial charge < -0.3 is 0 Å². The maximum Gasteiger partial charge on any atom is 0.416 e. The maximum atomic E-state index is 13.1. The van der Waals surface area contributed by atoms with Crippen molar-refractivity contribution in [3.05, 3.63) is 75.4 Å². The molecule has 0 saturated heterocycles. The smallest absolute Gasteiger partial charge is 0.294 e. The van der Waals surface area contributed by atoms with Gasteiger partial charge in [0, 0.05) is 40.2 Å². The van der Waals surface area contributed by atoms with Crippen LogP contribution in [0, 0.1) is 0 Å². The fourth-order valence-corrected chi connectivity index (χ4v) is 4.52. The van der Waals surface area contributed by atoms with Gasteiger partial charge in [0.25, 0.3) is 0 Å². The van der Waals surface area contributed by atoms with Crippen LogP contribution in [0.2, 0.25) is 0 Å². The van der Waals surface area contributed by atoms with Gasteiger partial charge in [-0.05, 0) is 54.8 Å². The molecule has 2 aromatic carbocycles. The highest BCUT2D eigenvalue weighted by Gasteiger charge is 2.40. The van der Waals surface area contributed by atoms with E-state index in [-0.39, 0.29) is 24.0 Å².